The highest BCUT2D eigenvalue weighted by Gasteiger charge is 2.35. The van der Waals surface area contributed by atoms with Gasteiger partial charge in [0.05, 0.1) is 0 Å². The zero-order chi connectivity index (χ0) is 14.3. The third-order valence-corrected chi connectivity index (χ3v) is 2.32. The van der Waals surface area contributed by atoms with Crippen molar-refractivity contribution in [3.63, 3.8) is 0 Å². The number of rotatable bonds is 7. The summed E-state index contributed by atoms with van der Waals surface area (Å²) < 4.78 is 42.6. The van der Waals surface area contributed by atoms with Crippen molar-refractivity contribution < 1.29 is 17.9 Å². The number of unbranched alkanes of at least 4 members (excludes halogenated alkanes) is 1. The Kier molecular flexibility index (Phi) is 5.81. The molecule has 0 amide bonds. The van der Waals surface area contributed by atoms with Crippen LogP contribution in [0.4, 0.5) is 24.8 Å². The molecule has 0 unspecified atom stereocenters. The molecule has 1 rings (SSSR count). The highest BCUT2D eigenvalue weighted by Crippen LogP contribution is 2.28. The zero-order valence-corrected chi connectivity index (χ0v) is 10.8. The number of aromatic nitrogens is 2. The third-order valence-electron chi connectivity index (χ3n) is 2.32. The summed E-state index contributed by atoms with van der Waals surface area (Å²) >= 11 is 0. The van der Waals surface area contributed by atoms with Gasteiger partial charge in [-0.3, -0.25) is 0 Å². The molecule has 108 valence electrons. The monoisotopic (exact) mass is 278 g/mol. The second-order valence-corrected chi connectivity index (χ2v) is 3.84. The summed E-state index contributed by atoms with van der Waals surface area (Å²) in [7, 11) is 3.11. The van der Waals surface area contributed by atoms with E-state index in [-0.39, 0.29) is 11.6 Å². The van der Waals surface area contributed by atoms with Gasteiger partial charge < -0.3 is 15.4 Å². The van der Waals surface area contributed by atoms with Gasteiger partial charge in [0.1, 0.15) is 11.6 Å². The van der Waals surface area contributed by atoms with E-state index in [1.807, 2.05) is 0 Å². The van der Waals surface area contributed by atoms with Gasteiger partial charge in [0, 0.05) is 33.4 Å². The van der Waals surface area contributed by atoms with Crippen LogP contribution in [0.2, 0.25) is 0 Å². The van der Waals surface area contributed by atoms with E-state index in [2.05, 4.69) is 20.6 Å². The molecule has 8 heteroatoms. The number of hydrogen-bond donors (Lipinski definition) is 2. The van der Waals surface area contributed by atoms with Crippen LogP contribution in [0.3, 0.4) is 0 Å². The normalized spacial score (nSPS) is 11.4. The summed E-state index contributed by atoms with van der Waals surface area (Å²) in [6, 6.07) is 1.44. The molecule has 0 bridgehead atoms. The molecular formula is C11H17F3N4O. The first-order valence-electron chi connectivity index (χ1n) is 5.84. The smallest absolute Gasteiger partial charge is 0.385 e. The standard InChI is InChI=1S/C11H17F3N4O/c1-15-8-7-9(16-5-3-4-6-19-2)18-10(17-8)11(12,13)14/h7H,3-6H2,1-2H3,(H2,15,16,17,18). The number of methoxy groups -OCH3 is 1. The molecular weight excluding hydrogens is 261 g/mol. The first-order valence-corrected chi connectivity index (χ1v) is 5.84. The van der Waals surface area contributed by atoms with E-state index >= 15 is 0 Å². The maximum Gasteiger partial charge on any atom is 0.451 e. The Hall–Kier alpha value is -1.57. The number of ether oxygens (including phenoxy) is 1. The Labute approximate surface area is 109 Å². The third kappa shape index (κ3) is 5.29. The van der Waals surface area contributed by atoms with E-state index in [0.29, 0.717) is 13.2 Å². The van der Waals surface area contributed by atoms with E-state index in [0.717, 1.165) is 12.8 Å². The lowest BCUT2D eigenvalue weighted by Crippen LogP contribution is -2.15. The van der Waals surface area contributed by atoms with E-state index in [1.54, 1.807) is 7.11 Å². The van der Waals surface area contributed by atoms with Crippen molar-refractivity contribution in [2.75, 3.05) is 37.9 Å². The molecule has 0 radical (unpaired) electrons. The van der Waals surface area contributed by atoms with Crippen molar-refractivity contribution in [3.8, 4) is 0 Å². The predicted molar refractivity (Wildman–Crippen MR) is 66.2 cm³/mol. The molecule has 0 aromatic carbocycles. The van der Waals surface area contributed by atoms with Crippen LogP contribution in [0, 0.1) is 0 Å². The van der Waals surface area contributed by atoms with Crippen LogP contribution >= 0.6 is 0 Å². The maximum atomic E-state index is 12.6. The van der Waals surface area contributed by atoms with Crippen molar-refractivity contribution in [1.29, 1.82) is 0 Å². The second kappa shape index (κ2) is 7.13. The fraction of sp³-hybridized carbons (Fsp3) is 0.636. The minimum absolute atomic E-state index is 0.127. The van der Waals surface area contributed by atoms with Crippen molar-refractivity contribution in [1.82, 2.24) is 9.97 Å². The molecule has 0 aliphatic carbocycles. The van der Waals surface area contributed by atoms with Crippen LogP contribution in [0.1, 0.15) is 18.7 Å². The second-order valence-electron chi connectivity index (χ2n) is 3.84. The maximum absolute atomic E-state index is 12.6. The SMILES string of the molecule is CNc1cc(NCCCCOC)nc(C(F)(F)F)n1. The van der Waals surface area contributed by atoms with E-state index in [4.69, 9.17) is 4.74 Å². The average molecular weight is 278 g/mol. The summed E-state index contributed by atoms with van der Waals surface area (Å²) in [4.78, 5) is 6.83. The van der Waals surface area contributed by atoms with Gasteiger partial charge in [-0.25, -0.2) is 9.97 Å². The van der Waals surface area contributed by atoms with Gasteiger partial charge in [-0.15, -0.1) is 0 Å². The first kappa shape index (κ1) is 15.5. The van der Waals surface area contributed by atoms with Crippen molar-refractivity contribution >= 4 is 11.6 Å². The van der Waals surface area contributed by atoms with Crippen LogP contribution in [0.25, 0.3) is 0 Å². The molecule has 2 N–H and O–H groups in total. The molecule has 0 spiro atoms. The first-order chi connectivity index (χ1) is 8.97. The molecule has 0 aliphatic heterocycles. The Morgan fingerprint density at radius 3 is 2.47 bits per heavy atom. The highest BCUT2D eigenvalue weighted by atomic mass is 19.4. The van der Waals surface area contributed by atoms with Crippen molar-refractivity contribution in [3.05, 3.63) is 11.9 Å². The van der Waals surface area contributed by atoms with Gasteiger partial charge in [-0.05, 0) is 12.8 Å². The Bertz CT molecular complexity index is 398. The molecule has 5 nitrogen and oxygen atoms in total. The van der Waals surface area contributed by atoms with Crippen LogP contribution < -0.4 is 10.6 Å². The average Bonchev–Trinajstić information content (AvgIpc) is 2.37. The quantitative estimate of drug-likeness (QED) is 0.750. The molecule has 19 heavy (non-hydrogen) atoms. The number of alkyl halides is 3. The molecule has 0 saturated carbocycles. The molecule has 0 aliphatic rings. The molecule has 1 heterocycles. The topological polar surface area (TPSA) is 59.1 Å². The minimum atomic E-state index is -4.56. The molecule has 0 saturated heterocycles. The summed E-state index contributed by atoms with van der Waals surface area (Å²) in [6.45, 7) is 1.15. The summed E-state index contributed by atoms with van der Waals surface area (Å²) in [5.74, 6) is -0.871. The van der Waals surface area contributed by atoms with Crippen molar-refractivity contribution in [2.24, 2.45) is 0 Å². The number of anilines is 2. The summed E-state index contributed by atoms with van der Waals surface area (Å²) in [6.07, 6.45) is -2.94. The zero-order valence-electron chi connectivity index (χ0n) is 10.8. The lowest BCUT2D eigenvalue weighted by atomic mass is 10.3. The van der Waals surface area contributed by atoms with Gasteiger partial charge in [-0.2, -0.15) is 13.2 Å². The van der Waals surface area contributed by atoms with Gasteiger partial charge >= 0.3 is 6.18 Å². The predicted octanol–water partition coefficient (Wildman–Crippen LogP) is 2.38. The molecule has 0 fully saturated rings. The highest BCUT2D eigenvalue weighted by molar-refractivity contribution is 5.47. The Balaban J connectivity index is 2.67. The van der Waals surface area contributed by atoms with E-state index in [9.17, 15) is 13.2 Å². The van der Waals surface area contributed by atoms with Gasteiger partial charge in [0.2, 0.25) is 5.82 Å². The lowest BCUT2D eigenvalue weighted by Gasteiger charge is -2.11. The molecule has 1 aromatic rings. The Morgan fingerprint density at radius 2 is 1.89 bits per heavy atom. The Morgan fingerprint density at radius 1 is 1.21 bits per heavy atom. The van der Waals surface area contributed by atoms with Gasteiger partial charge in [-0.1, -0.05) is 0 Å². The lowest BCUT2D eigenvalue weighted by molar-refractivity contribution is -0.144. The van der Waals surface area contributed by atoms with E-state index in [1.165, 1.54) is 13.1 Å². The summed E-state index contributed by atoms with van der Waals surface area (Å²) in [5.41, 5.74) is 0. The van der Waals surface area contributed by atoms with Crippen LogP contribution in [0.15, 0.2) is 6.07 Å². The minimum Gasteiger partial charge on any atom is -0.385 e. The number of hydrogen-bond acceptors (Lipinski definition) is 5. The molecule has 1 aromatic heterocycles. The van der Waals surface area contributed by atoms with Gasteiger partial charge in [0.15, 0.2) is 0 Å². The fourth-order valence-corrected chi connectivity index (χ4v) is 1.38. The van der Waals surface area contributed by atoms with Crippen molar-refractivity contribution in [2.45, 2.75) is 19.0 Å². The molecule has 0 atom stereocenters. The number of halogens is 3. The van der Waals surface area contributed by atoms with Crippen LogP contribution in [0.5, 0.6) is 0 Å². The van der Waals surface area contributed by atoms with Crippen LogP contribution in [-0.2, 0) is 10.9 Å². The largest absolute Gasteiger partial charge is 0.451 e. The number of nitrogens with one attached hydrogen (secondary N) is 2. The fourth-order valence-electron chi connectivity index (χ4n) is 1.38. The van der Waals surface area contributed by atoms with Gasteiger partial charge in [0.25, 0.3) is 0 Å². The van der Waals surface area contributed by atoms with Crippen LogP contribution in [-0.4, -0.2) is 37.3 Å². The number of nitrogens with zero attached hydrogens (tertiary/aromatic N) is 2. The van der Waals surface area contributed by atoms with E-state index < -0.39 is 12.0 Å². The summed E-state index contributed by atoms with van der Waals surface area (Å²) in [5, 5.41) is 5.42.